The number of amides is 1. The minimum atomic E-state index is -3.57. The van der Waals surface area contributed by atoms with Crippen LogP contribution in [-0.2, 0) is 24.3 Å². The summed E-state index contributed by atoms with van der Waals surface area (Å²) in [6.07, 6.45) is 0.906. The second kappa shape index (κ2) is 7.41. The van der Waals surface area contributed by atoms with Crippen molar-refractivity contribution in [2.45, 2.75) is 49.9 Å². The Morgan fingerprint density at radius 1 is 1.16 bits per heavy atom. The van der Waals surface area contributed by atoms with E-state index in [1.165, 1.54) is 16.4 Å². The van der Waals surface area contributed by atoms with Crippen LogP contribution in [0.5, 0.6) is 0 Å². The molecule has 0 aliphatic carbocycles. The van der Waals surface area contributed by atoms with Gasteiger partial charge in [-0.3, -0.25) is 4.79 Å². The molecule has 0 aromatic heterocycles. The van der Waals surface area contributed by atoms with Gasteiger partial charge in [-0.1, -0.05) is 0 Å². The van der Waals surface area contributed by atoms with Gasteiger partial charge in [-0.05, 0) is 51.0 Å². The summed E-state index contributed by atoms with van der Waals surface area (Å²) in [6.45, 7) is 5.00. The summed E-state index contributed by atoms with van der Waals surface area (Å²) in [5.74, 6) is -0.191. The molecule has 138 valence electrons. The molecule has 3 atom stereocenters. The molecule has 1 amide bonds. The van der Waals surface area contributed by atoms with Crippen LogP contribution >= 0.6 is 0 Å². The molecule has 25 heavy (non-hydrogen) atoms. The van der Waals surface area contributed by atoms with E-state index in [-0.39, 0.29) is 23.0 Å². The first-order valence-electron chi connectivity index (χ1n) is 8.54. The van der Waals surface area contributed by atoms with E-state index in [1.54, 1.807) is 12.1 Å². The smallest absolute Gasteiger partial charge is 0.253 e. The topological polar surface area (TPSA) is 84.9 Å². The van der Waals surface area contributed by atoms with Crippen molar-refractivity contribution in [2.24, 2.45) is 0 Å². The van der Waals surface area contributed by atoms with Crippen molar-refractivity contribution in [3.8, 4) is 0 Å². The highest BCUT2D eigenvalue weighted by Gasteiger charge is 2.32. The van der Waals surface area contributed by atoms with E-state index < -0.39 is 16.1 Å². The fraction of sp³-hybridized carbons (Fsp3) is 0.588. The van der Waals surface area contributed by atoms with E-state index in [2.05, 4.69) is 5.32 Å². The SMILES string of the molecule is CC1CN(S(=O)(=O)c2ccc(NC(=O)C3CCCO3)cc2)CC(C)O1. The summed E-state index contributed by atoms with van der Waals surface area (Å²) in [4.78, 5) is 12.3. The molecule has 2 aliphatic heterocycles. The van der Waals surface area contributed by atoms with Crippen LogP contribution in [0, 0.1) is 0 Å². The van der Waals surface area contributed by atoms with Crippen molar-refractivity contribution < 1.29 is 22.7 Å². The summed E-state index contributed by atoms with van der Waals surface area (Å²) in [5, 5.41) is 2.76. The molecule has 3 unspecified atom stereocenters. The molecular formula is C17H24N2O5S. The van der Waals surface area contributed by atoms with Crippen LogP contribution in [0.2, 0.25) is 0 Å². The number of carbonyl (C=O) groups is 1. The van der Waals surface area contributed by atoms with Gasteiger partial charge in [-0.25, -0.2) is 8.42 Å². The van der Waals surface area contributed by atoms with Crippen molar-refractivity contribution in [1.29, 1.82) is 0 Å². The number of ether oxygens (including phenoxy) is 2. The quantitative estimate of drug-likeness (QED) is 0.873. The average Bonchev–Trinajstić information content (AvgIpc) is 3.09. The van der Waals surface area contributed by atoms with E-state index in [9.17, 15) is 13.2 Å². The van der Waals surface area contributed by atoms with E-state index in [4.69, 9.17) is 9.47 Å². The van der Waals surface area contributed by atoms with Gasteiger partial charge < -0.3 is 14.8 Å². The molecule has 0 bridgehead atoms. The predicted molar refractivity (Wildman–Crippen MR) is 92.8 cm³/mol. The normalized spacial score (nSPS) is 28.0. The van der Waals surface area contributed by atoms with Crippen molar-refractivity contribution in [3.63, 3.8) is 0 Å². The number of benzene rings is 1. The van der Waals surface area contributed by atoms with Gasteiger partial charge in [0.05, 0.1) is 17.1 Å². The highest BCUT2D eigenvalue weighted by molar-refractivity contribution is 7.89. The van der Waals surface area contributed by atoms with E-state index in [1.807, 2.05) is 13.8 Å². The molecule has 0 saturated carbocycles. The molecule has 0 spiro atoms. The van der Waals surface area contributed by atoms with Gasteiger partial charge in [0.2, 0.25) is 10.0 Å². The molecule has 2 heterocycles. The highest BCUT2D eigenvalue weighted by atomic mass is 32.2. The van der Waals surface area contributed by atoms with Gasteiger partial charge in [0.25, 0.3) is 5.91 Å². The fourth-order valence-corrected chi connectivity index (χ4v) is 4.78. The van der Waals surface area contributed by atoms with E-state index in [0.29, 0.717) is 31.8 Å². The maximum Gasteiger partial charge on any atom is 0.253 e. The number of anilines is 1. The van der Waals surface area contributed by atoms with Gasteiger partial charge in [0.15, 0.2) is 0 Å². The Balaban J connectivity index is 1.69. The summed E-state index contributed by atoms with van der Waals surface area (Å²) in [5.41, 5.74) is 0.558. The average molecular weight is 368 g/mol. The zero-order valence-corrected chi connectivity index (χ0v) is 15.3. The zero-order chi connectivity index (χ0) is 18.0. The standard InChI is InChI=1S/C17H24N2O5S/c1-12-10-19(11-13(2)24-12)25(21,22)15-7-5-14(6-8-15)18-17(20)16-4-3-9-23-16/h5-8,12-13,16H,3-4,9-11H2,1-2H3,(H,18,20). The third-order valence-electron chi connectivity index (χ3n) is 4.37. The van der Waals surface area contributed by atoms with Crippen molar-refractivity contribution >= 4 is 21.6 Å². The van der Waals surface area contributed by atoms with Crippen molar-refractivity contribution in [2.75, 3.05) is 25.0 Å². The van der Waals surface area contributed by atoms with Crippen LogP contribution < -0.4 is 5.32 Å². The minimum Gasteiger partial charge on any atom is -0.373 e. The molecule has 7 nitrogen and oxygen atoms in total. The van der Waals surface area contributed by atoms with Crippen LogP contribution in [0.15, 0.2) is 29.2 Å². The molecule has 0 radical (unpaired) electrons. The largest absolute Gasteiger partial charge is 0.373 e. The highest BCUT2D eigenvalue weighted by Crippen LogP contribution is 2.23. The van der Waals surface area contributed by atoms with Crippen LogP contribution in [0.1, 0.15) is 26.7 Å². The number of nitrogens with one attached hydrogen (secondary N) is 1. The minimum absolute atomic E-state index is 0.136. The van der Waals surface area contributed by atoms with Crippen molar-refractivity contribution in [1.82, 2.24) is 4.31 Å². The van der Waals surface area contributed by atoms with Crippen LogP contribution in [-0.4, -0.2) is 56.6 Å². The predicted octanol–water partition coefficient (Wildman–Crippen LogP) is 1.60. The Kier molecular flexibility index (Phi) is 5.43. The second-order valence-corrected chi connectivity index (χ2v) is 8.53. The molecule has 1 N–H and O–H groups in total. The van der Waals surface area contributed by atoms with Gasteiger partial charge in [-0.2, -0.15) is 4.31 Å². The molecule has 8 heteroatoms. The summed E-state index contributed by atoms with van der Waals surface area (Å²) in [6, 6.07) is 6.25. The maximum atomic E-state index is 12.8. The first kappa shape index (κ1) is 18.3. The number of nitrogens with zero attached hydrogens (tertiary/aromatic N) is 1. The molecule has 3 rings (SSSR count). The molecule has 2 aliphatic rings. The van der Waals surface area contributed by atoms with Crippen molar-refractivity contribution in [3.05, 3.63) is 24.3 Å². The molecular weight excluding hydrogens is 344 g/mol. The number of hydrogen-bond donors (Lipinski definition) is 1. The number of carbonyl (C=O) groups excluding carboxylic acids is 1. The lowest BCUT2D eigenvalue weighted by Crippen LogP contribution is -2.48. The van der Waals surface area contributed by atoms with Gasteiger partial charge >= 0.3 is 0 Å². The number of morpholine rings is 1. The number of sulfonamides is 1. The van der Waals surface area contributed by atoms with E-state index >= 15 is 0 Å². The van der Waals surface area contributed by atoms with Crippen LogP contribution in [0.4, 0.5) is 5.69 Å². The monoisotopic (exact) mass is 368 g/mol. The Labute approximate surface area is 148 Å². The lowest BCUT2D eigenvalue weighted by Gasteiger charge is -2.34. The lowest BCUT2D eigenvalue weighted by atomic mass is 10.2. The third kappa shape index (κ3) is 4.20. The number of hydrogen-bond acceptors (Lipinski definition) is 5. The Morgan fingerprint density at radius 2 is 1.80 bits per heavy atom. The first-order chi connectivity index (χ1) is 11.9. The Morgan fingerprint density at radius 3 is 2.36 bits per heavy atom. The molecule has 1 aromatic rings. The van der Waals surface area contributed by atoms with Gasteiger partial charge in [0, 0.05) is 25.4 Å². The lowest BCUT2D eigenvalue weighted by molar-refractivity contribution is -0.124. The summed E-state index contributed by atoms with van der Waals surface area (Å²) in [7, 11) is -3.57. The van der Waals surface area contributed by atoms with Gasteiger partial charge in [0.1, 0.15) is 6.10 Å². The molecule has 1 aromatic carbocycles. The Hall–Kier alpha value is -1.48. The third-order valence-corrected chi connectivity index (χ3v) is 6.21. The fourth-order valence-electron chi connectivity index (χ4n) is 3.19. The summed E-state index contributed by atoms with van der Waals surface area (Å²) < 4.78 is 37.9. The Bertz CT molecular complexity index is 703. The number of rotatable bonds is 4. The van der Waals surface area contributed by atoms with Crippen LogP contribution in [0.3, 0.4) is 0 Å². The summed E-state index contributed by atoms with van der Waals surface area (Å²) >= 11 is 0. The van der Waals surface area contributed by atoms with E-state index in [0.717, 1.165) is 6.42 Å². The maximum absolute atomic E-state index is 12.8. The van der Waals surface area contributed by atoms with Crippen LogP contribution in [0.25, 0.3) is 0 Å². The molecule has 2 fully saturated rings. The second-order valence-electron chi connectivity index (χ2n) is 6.59. The first-order valence-corrected chi connectivity index (χ1v) is 9.98. The zero-order valence-electron chi connectivity index (χ0n) is 14.5. The van der Waals surface area contributed by atoms with Gasteiger partial charge in [-0.15, -0.1) is 0 Å². The molecule has 2 saturated heterocycles.